The first kappa shape index (κ1) is 21.3. The van der Waals surface area contributed by atoms with Crippen molar-refractivity contribution in [2.75, 3.05) is 19.5 Å². The van der Waals surface area contributed by atoms with E-state index in [1.54, 1.807) is 11.8 Å². The van der Waals surface area contributed by atoms with E-state index in [0.29, 0.717) is 0 Å². The van der Waals surface area contributed by atoms with Gasteiger partial charge in [0.25, 0.3) is 10.1 Å². The van der Waals surface area contributed by atoms with Crippen LogP contribution in [0.2, 0.25) is 0 Å². The van der Waals surface area contributed by atoms with Crippen LogP contribution in [-0.2, 0) is 30.4 Å². The lowest BCUT2D eigenvalue weighted by Gasteiger charge is -2.58. The molecule has 2 saturated heterocycles. The third-order valence-electron chi connectivity index (χ3n) is 5.83. The highest BCUT2D eigenvalue weighted by Gasteiger charge is 2.63. The number of carbonyl (C=O) groups is 2. The Bertz CT molecular complexity index is 1080. The topological polar surface area (TPSA) is 93.2 Å². The number of ether oxygens (including phenoxy) is 1. The van der Waals surface area contributed by atoms with Crippen molar-refractivity contribution in [1.82, 2.24) is 9.80 Å². The molecule has 2 aromatic carbocycles. The van der Waals surface area contributed by atoms with Crippen LogP contribution in [0, 0.1) is 0 Å². The fourth-order valence-electron chi connectivity index (χ4n) is 4.22. The van der Waals surface area contributed by atoms with Gasteiger partial charge in [0.15, 0.2) is 0 Å². The highest BCUT2D eigenvalue weighted by molar-refractivity contribution is 7.85. The number of cyclic esters (lactones) is 1. The second-order valence-electron chi connectivity index (χ2n) is 8.05. The Kier molecular flexibility index (Phi) is 5.49. The number of rotatable bonds is 7. The first-order chi connectivity index (χ1) is 14.7. The molecule has 9 heteroatoms. The molecule has 31 heavy (non-hydrogen) atoms. The zero-order valence-electron chi connectivity index (χ0n) is 17.3. The van der Waals surface area contributed by atoms with Crippen molar-refractivity contribution >= 4 is 22.1 Å². The quantitative estimate of drug-likeness (QED) is 0.481. The molecule has 0 aliphatic carbocycles. The van der Waals surface area contributed by atoms with Gasteiger partial charge in [-0.25, -0.2) is 4.79 Å². The summed E-state index contributed by atoms with van der Waals surface area (Å²) in [5.41, 5.74) is 0.685. The Labute approximate surface area is 181 Å². The molecule has 0 N–H and O–H groups in total. The van der Waals surface area contributed by atoms with Gasteiger partial charge >= 0.3 is 6.09 Å². The number of β-lactam (4-membered cyclic amide) rings is 1. The average Bonchev–Trinajstić information content (AvgIpc) is 3.12. The maximum atomic E-state index is 13.3. The van der Waals surface area contributed by atoms with Crippen LogP contribution in [0.3, 0.4) is 0 Å². The van der Waals surface area contributed by atoms with Crippen LogP contribution < -0.4 is 0 Å². The number of hydrogen-bond acceptors (Lipinski definition) is 6. The first-order valence-electron chi connectivity index (χ1n) is 9.90. The summed E-state index contributed by atoms with van der Waals surface area (Å²) in [6.07, 6.45) is 0.363. The minimum atomic E-state index is -3.75. The van der Waals surface area contributed by atoms with Gasteiger partial charge in [-0.2, -0.15) is 8.42 Å². The van der Waals surface area contributed by atoms with Crippen molar-refractivity contribution in [3.05, 3.63) is 71.8 Å². The Balaban J connectivity index is 1.67. The van der Waals surface area contributed by atoms with Crippen LogP contribution in [0.4, 0.5) is 4.79 Å². The third-order valence-corrected chi connectivity index (χ3v) is 6.37. The molecule has 2 fully saturated rings. The van der Waals surface area contributed by atoms with Gasteiger partial charge < -0.3 is 9.64 Å². The summed E-state index contributed by atoms with van der Waals surface area (Å²) in [7, 11) is -3.75. The van der Waals surface area contributed by atoms with Crippen molar-refractivity contribution < 1.29 is 26.9 Å². The molecule has 0 unspecified atom stereocenters. The van der Waals surface area contributed by atoms with E-state index < -0.39 is 33.8 Å². The van der Waals surface area contributed by atoms with E-state index in [9.17, 15) is 18.0 Å². The van der Waals surface area contributed by atoms with E-state index in [4.69, 9.17) is 8.92 Å². The molecule has 2 aliphatic rings. The molecule has 2 aromatic rings. The highest BCUT2D eigenvalue weighted by Crippen LogP contribution is 2.43. The Morgan fingerprint density at radius 2 is 1.68 bits per heavy atom. The average molecular weight is 445 g/mol. The number of hydrogen-bond donors (Lipinski definition) is 0. The van der Waals surface area contributed by atoms with Gasteiger partial charge in [-0.3, -0.25) is 13.9 Å². The minimum absolute atomic E-state index is 0.119. The molecule has 8 nitrogen and oxygen atoms in total. The molecule has 164 valence electrons. The number of carbonyl (C=O) groups excluding carboxylic acids is 2. The van der Waals surface area contributed by atoms with Gasteiger partial charge in [0.05, 0.1) is 24.4 Å². The first-order valence-corrected chi connectivity index (χ1v) is 11.7. The van der Waals surface area contributed by atoms with Crippen molar-refractivity contribution in [2.45, 2.75) is 31.1 Å². The molecule has 2 heterocycles. The Morgan fingerprint density at radius 3 is 2.29 bits per heavy atom. The van der Waals surface area contributed by atoms with Gasteiger partial charge in [-0.1, -0.05) is 60.7 Å². The lowest BCUT2D eigenvalue weighted by molar-refractivity contribution is -0.177. The summed E-state index contributed by atoms with van der Waals surface area (Å²) in [6, 6.07) is 17.3. The molecule has 0 bridgehead atoms. The molecule has 4 rings (SSSR count). The molecule has 3 atom stereocenters. The standard InChI is InChI=1S/C22H24N2O6S/c1-22(15-30-31(2,27)28)19(20(25)23(22)13-16-9-5-3-6-10-16)24-18(14-29-21(24)26)17-11-7-4-8-12-17/h3-12,18-19H,13-15H2,1-2H3/t18-,19-,22-/m1/s1. The van der Waals surface area contributed by atoms with Crippen LogP contribution in [0.15, 0.2) is 60.7 Å². The van der Waals surface area contributed by atoms with Crippen LogP contribution >= 0.6 is 0 Å². The highest BCUT2D eigenvalue weighted by atomic mass is 32.2. The number of benzene rings is 2. The van der Waals surface area contributed by atoms with Gasteiger partial charge in [0.2, 0.25) is 5.91 Å². The lowest BCUT2D eigenvalue weighted by atomic mass is 9.78. The van der Waals surface area contributed by atoms with Gasteiger partial charge in [0.1, 0.15) is 12.6 Å². The monoisotopic (exact) mass is 444 g/mol. The Hall–Kier alpha value is -2.91. The second kappa shape index (κ2) is 7.97. The lowest BCUT2D eigenvalue weighted by Crippen LogP contribution is -2.79. The normalized spacial score (nSPS) is 26.0. The molecule has 0 aromatic heterocycles. The SMILES string of the molecule is C[C@@]1(COS(C)(=O)=O)[C@H](N2C(=O)OC[C@@H]2c2ccccc2)C(=O)N1Cc1ccccc1. The van der Waals surface area contributed by atoms with Crippen molar-refractivity contribution in [3.63, 3.8) is 0 Å². The summed E-state index contributed by atoms with van der Waals surface area (Å²) in [5.74, 6) is -0.275. The van der Waals surface area contributed by atoms with Crippen molar-refractivity contribution in [1.29, 1.82) is 0 Å². The van der Waals surface area contributed by atoms with Gasteiger partial charge in [0, 0.05) is 6.54 Å². The summed E-state index contributed by atoms with van der Waals surface area (Å²) in [4.78, 5) is 28.9. The molecular formula is C22H24N2O6S. The van der Waals surface area contributed by atoms with Crippen LogP contribution in [0.5, 0.6) is 0 Å². The maximum absolute atomic E-state index is 13.3. The van der Waals surface area contributed by atoms with Crippen LogP contribution in [0.1, 0.15) is 24.1 Å². The van der Waals surface area contributed by atoms with Gasteiger partial charge in [-0.05, 0) is 18.1 Å². The smallest absolute Gasteiger partial charge is 0.411 e. The number of amides is 2. The molecule has 2 aliphatic heterocycles. The Morgan fingerprint density at radius 1 is 1.06 bits per heavy atom. The fourth-order valence-corrected chi connectivity index (χ4v) is 4.68. The van der Waals surface area contributed by atoms with E-state index in [2.05, 4.69) is 0 Å². The van der Waals surface area contributed by atoms with Crippen molar-refractivity contribution in [3.8, 4) is 0 Å². The minimum Gasteiger partial charge on any atom is -0.447 e. The third kappa shape index (κ3) is 4.03. The number of nitrogens with zero attached hydrogens (tertiary/aromatic N) is 2. The summed E-state index contributed by atoms with van der Waals surface area (Å²) >= 11 is 0. The van der Waals surface area contributed by atoms with E-state index in [0.717, 1.165) is 17.4 Å². The van der Waals surface area contributed by atoms with E-state index >= 15 is 0 Å². The largest absolute Gasteiger partial charge is 0.447 e. The molecular weight excluding hydrogens is 420 g/mol. The number of likely N-dealkylation sites (tertiary alicyclic amines) is 1. The summed E-state index contributed by atoms with van der Waals surface area (Å²) in [5, 5.41) is 0. The molecule has 0 spiro atoms. The van der Waals surface area contributed by atoms with Gasteiger partial charge in [-0.15, -0.1) is 0 Å². The predicted molar refractivity (Wildman–Crippen MR) is 112 cm³/mol. The molecule has 0 saturated carbocycles. The van der Waals surface area contributed by atoms with Crippen LogP contribution in [0.25, 0.3) is 0 Å². The van der Waals surface area contributed by atoms with E-state index in [1.165, 1.54) is 4.90 Å². The predicted octanol–water partition coefficient (Wildman–Crippen LogP) is 2.33. The molecule has 0 radical (unpaired) electrons. The van der Waals surface area contributed by atoms with Crippen molar-refractivity contribution in [2.24, 2.45) is 0 Å². The zero-order valence-corrected chi connectivity index (χ0v) is 18.1. The second-order valence-corrected chi connectivity index (χ2v) is 9.69. The van der Waals surface area contributed by atoms with E-state index in [1.807, 2.05) is 60.7 Å². The van der Waals surface area contributed by atoms with Crippen LogP contribution in [-0.4, -0.2) is 61.3 Å². The summed E-state index contributed by atoms with van der Waals surface area (Å²) in [6.45, 7) is 1.87. The zero-order chi connectivity index (χ0) is 22.2. The maximum Gasteiger partial charge on any atom is 0.411 e. The fraction of sp³-hybridized carbons (Fsp3) is 0.364. The molecule has 2 amide bonds. The van der Waals surface area contributed by atoms with E-state index in [-0.39, 0.29) is 25.7 Å². The summed E-state index contributed by atoms with van der Waals surface area (Å²) < 4.78 is 33.8.